The lowest BCUT2D eigenvalue weighted by Crippen LogP contribution is -1.98. The lowest BCUT2D eigenvalue weighted by molar-refractivity contribution is 1.44. The Balaban J connectivity index is 2.08. The van der Waals surface area contributed by atoms with Gasteiger partial charge in [0, 0.05) is 5.69 Å². The van der Waals surface area contributed by atoms with Crippen molar-refractivity contribution in [2.45, 2.75) is 6.92 Å². The molecule has 1 heteroatoms. The fourth-order valence-electron chi connectivity index (χ4n) is 3.49. The summed E-state index contributed by atoms with van der Waals surface area (Å²) < 4.78 is 0. The Bertz CT molecular complexity index is 984. The van der Waals surface area contributed by atoms with Gasteiger partial charge < -0.3 is 5.73 Å². The van der Waals surface area contributed by atoms with E-state index in [1.54, 1.807) is 0 Å². The van der Waals surface area contributed by atoms with Crippen LogP contribution in [-0.2, 0) is 0 Å². The van der Waals surface area contributed by atoms with E-state index in [1.165, 1.54) is 33.4 Å². The molecule has 0 atom stereocenters. The lowest BCUT2D eigenvalue weighted by Gasteiger charge is -2.18. The van der Waals surface area contributed by atoms with Gasteiger partial charge in [-0.2, -0.15) is 0 Å². The molecular weight excluding hydrogens is 338 g/mol. The molecule has 0 saturated carbocycles. The Labute approximate surface area is 166 Å². The van der Waals surface area contributed by atoms with Crippen LogP contribution in [0.5, 0.6) is 0 Å². The van der Waals surface area contributed by atoms with E-state index < -0.39 is 0 Å². The highest BCUT2D eigenvalue weighted by Gasteiger charge is 2.15. The van der Waals surface area contributed by atoms with Gasteiger partial charge in [0.25, 0.3) is 0 Å². The Morgan fingerprint density at radius 3 is 1.25 bits per heavy atom. The lowest BCUT2D eigenvalue weighted by atomic mass is 9.85. The Kier molecular flexibility index (Phi) is 5.07. The zero-order valence-corrected chi connectivity index (χ0v) is 16.0. The van der Waals surface area contributed by atoms with Gasteiger partial charge in [0.1, 0.15) is 0 Å². The van der Waals surface area contributed by atoms with Crippen LogP contribution in [-0.4, -0.2) is 0 Å². The number of aryl methyl sites for hydroxylation is 1. The number of hydrogen-bond acceptors (Lipinski definition) is 1. The largest absolute Gasteiger partial charge is 0.399 e. The van der Waals surface area contributed by atoms with Crippen molar-refractivity contribution in [3.05, 3.63) is 137 Å². The normalized spacial score (nSPS) is 11.8. The SMILES string of the molecule is Cc1ccc(C(=C(c2ccccc2)c2ccc(N)cc2)c2ccccc2)cc1. The highest BCUT2D eigenvalue weighted by atomic mass is 14.5. The summed E-state index contributed by atoms with van der Waals surface area (Å²) in [6.07, 6.45) is 0. The molecule has 0 fully saturated rings. The van der Waals surface area contributed by atoms with Crippen LogP contribution in [0, 0.1) is 6.92 Å². The number of rotatable bonds is 4. The van der Waals surface area contributed by atoms with Crippen LogP contribution in [0.1, 0.15) is 27.8 Å². The summed E-state index contributed by atoms with van der Waals surface area (Å²) >= 11 is 0. The highest BCUT2D eigenvalue weighted by molar-refractivity contribution is 6.04. The summed E-state index contributed by atoms with van der Waals surface area (Å²) in [4.78, 5) is 0. The van der Waals surface area contributed by atoms with E-state index >= 15 is 0 Å². The molecule has 0 aromatic heterocycles. The molecule has 136 valence electrons. The summed E-state index contributed by atoms with van der Waals surface area (Å²) in [5.41, 5.74) is 15.2. The van der Waals surface area contributed by atoms with E-state index in [-0.39, 0.29) is 0 Å². The van der Waals surface area contributed by atoms with E-state index in [2.05, 4.69) is 104 Å². The van der Waals surface area contributed by atoms with Gasteiger partial charge in [-0.05, 0) is 52.5 Å². The van der Waals surface area contributed by atoms with Gasteiger partial charge in [-0.3, -0.25) is 0 Å². The number of anilines is 1. The molecule has 0 aliphatic carbocycles. The molecule has 4 aromatic carbocycles. The molecule has 0 unspecified atom stereocenters. The van der Waals surface area contributed by atoms with Crippen LogP contribution in [0.2, 0.25) is 0 Å². The molecule has 0 amide bonds. The summed E-state index contributed by atoms with van der Waals surface area (Å²) in [6, 6.07) is 38.1. The maximum atomic E-state index is 5.96. The van der Waals surface area contributed by atoms with Crippen LogP contribution in [0.15, 0.2) is 109 Å². The van der Waals surface area contributed by atoms with E-state index in [0.717, 1.165) is 11.3 Å². The molecule has 2 N–H and O–H groups in total. The van der Waals surface area contributed by atoms with Gasteiger partial charge in [0.15, 0.2) is 0 Å². The molecule has 0 spiro atoms. The second kappa shape index (κ2) is 7.98. The molecule has 0 aliphatic heterocycles. The van der Waals surface area contributed by atoms with Gasteiger partial charge in [-0.25, -0.2) is 0 Å². The zero-order valence-electron chi connectivity index (χ0n) is 16.0. The predicted molar refractivity (Wildman–Crippen MR) is 120 cm³/mol. The van der Waals surface area contributed by atoms with Crippen LogP contribution in [0.3, 0.4) is 0 Å². The first-order valence-corrected chi connectivity index (χ1v) is 9.50. The topological polar surface area (TPSA) is 26.0 Å². The van der Waals surface area contributed by atoms with Crippen molar-refractivity contribution in [3.8, 4) is 0 Å². The van der Waals surface area contributed by atoms with Crippen LogP contribution in [0.25, 0.3) is 11.1 Å². The summed E-state index contributed by atoms with van der Waals surface area (Å²) in [6.45, 7) is 2.12. The first kappa shape index (κ1) is 17.8. The van der Waals surface area contributed by atoms with Gasteiger partial charge >= 0.3 is 0 Å². The minimum Gasteiger partial charge on any atom is -0.399 e. The van der Waals surface area contributed by atoms with Crippen LogP contribution >= 0.6 is 0 Å². The van der Waals surface area contributed by atoms with Crippen molar-refractivity contribution in [2.24, 2.45) is 0 Å². The fourth-order valence-corrected chi connectivity index (χ4v) is 3.49. The molecule has 0 bridgehead atoms. The van der Waals surface area contributed by atoms with Crippen molar-refractivity contribution in [3.63, 3.8) is 0 Å². The minimum absolute atomic E-state index is 0.771. The molecule has 0 radical (unpaired) electrons. The van der Waals surface area contributed by atoms with E-state index in [4.69, 9.17) is 5.73 Å². The standard InChI is InChI=1S/C27H23N/c1-20-12-14-23(15-13-20)26(21-8-4-2-5-9-21)27(22-10-6-3-7-11-22)24-16-18-25(28)19-17-24/h2-19H,28H2,1H3. The number of benzene rings is 4. The van der Waals surface area contributed by atoms with Crippen LogP contribution < -0.4 is 5.73 Å². The third kappa shape index (κ3) is 3.74. The monoisotopic (exact) mass is 361 g/mol. The van der Waals surface area contributed by atoms with Crippen molar-refractivity contribution < 1.29 is 0 Å². The maximum Gasteiger partial charge on any atom is 0.0314 e. The summed E-state index contributed by atoms with van der Waals surface area (Å²) in [5.74, 6) is 0. The number of nitrogen functional groups attached to an aromatic ring is 1. The van der Waals surface area contributed by atoms with Gasteiger partial charge in [0.05, 0.1) is 0 Å². The number of hydrogen-bond donors (Lipinski definition) is 1. The van der Waals surface area contributed by atoms with Gasteiger partial charge in [-0.1, -0.05) is 103 Å². The number of nitrogens with two attached hydrogens (primary N) is 1. The van der Waals surface area contributed by atoms with Gasteiger partial charge in [0.2, 0.25) is 0 Å². The molecule has 0 heterocycles. The highest BCUT2D eigenvalue weighted by Crippen LogP contribution is 2.37. The van der Waals surface area contributed by atoms with E-state index in [9.17, 15) is 0 Å². The van der Waals surface area contributed by atoms with Crippen molar-refractivity contribution >= 4 is 16.8 Å². The average molecular weight is 361 g/mol. The minimum atomic E-state index is 0.771. The third-order valence-electron chi connectivity index (χ3n) is 4.91. The first-order valence-electron chi connectivity index (χ1n) is 9.50. The predicted octanol–water partition coefficient (Wildman–Crippen LogP) is 6.58. The van der Waals surface area contributed by atoms with E-state index in [1.807, 2.05) is 12.1 Å². The smallest absolute Gasteiger partial charge is 0.0314 e. The Morgan fingerprint density at radius 1 is 0.464 bits per heavy atom. The maximum absolute atomic E-state index is 5.96. The fraction of sp³-hybridized carbons (Fsp3) is 0.0370. The van der Waals surface area contributed by atoms with Crippen LogP contribution in [0.4, 0.5) is 5.69 Å². The Hall–Kier alpha value is -3.58. The van der Waals surface area contributed by atoms with Crippen molar-refractivity contribution in [1.29, 1.82) is 0 Å². The van der Waals surface area contributed by atoms with Crippen molar-refractivity contribution in [1.82, 2.24) is 0 Å². The molecule has 4 rings (SSSR count). The molecule has 28 heavy (non-hydrogen) atoms. The van der Waals surface area contributed by atoms with Gasteiger partial charge in [-0.15, -0.1) is 0 Å². The Morgan fingerprint density at radius 2 is 0.821 bits per heavy atom. The van der Waals surface area contributed by atoms with Crippen molar-refractivity contribution in [2.75, 3.05) is 5.73 Å². The quantitative estimate of drug-likeness (QED) is 0.322. The average Bonchev–Trinajstić information content (AvgIpc) is 2.75. The second-order valence-electron chi connectivity index (χ2n) is 6.97. The second-order valence-corrected chi connectivity index (χ2v) is 6.97. The third-order valence-corrected chi connectivity index (χ3v) is 4.91. The molecular formula is C27H23N. The molecule has 0 aliphatic rings. The summed E-state index contributed by atoms with van der Waals surface area (Å²) in [7, 11) is 0. The molecule has 1 nitrogen and oxygen atoms in total. The molecule has 0 saturated heterocycles. The summed E-state index contributed by atoms with van der Waals surface area (Å²) in [5, 5.41) is 0. The van der Waals surface area contributed by atoms with E-state index in [0.29, 0.717) is 0 Å². The molecule has 4 aromatic rings. The first-order chi connectivity index (χ1) is 13.7. The zero-order chi connectivity index (χ0) is 19.3.